The molecule has 30 heavy (non-hydrogen) atoms. The van der Waals surface area contributed by atoms with Gasteiger partial charge in [-0.2, -0.15) is 15.0 Å². The zero-order valence-electron chi connectivity index (χ0n) is 16.9. The average Bonchev–Trinajstić information content (AvgIpc) is 3.10. The van der Waals surface area contributed by atoms with Gasteiger partial charge in [-0.25, -0.2) is 0 Å². The van der Waals surface area contributed by atoms with E-state index in [1.165, 1.54) is 0 Å². The molecule has 1 aromatic carbocycles. The Balaban J connectivity index is 1.69. The first-order valence-corrected chi connectivity index (χ1v) is 10.2. The topological polar surface area (TPSA) is 181 Å². The lowest BCUT2D eigenvalue weighted by Crippen LogP contribution is -2.53. The van der Waals surface area contributed by atoms with Gasteiger partial charge in [-0.15, -0.1) is 0 Å². The Morgan fingerprint density at radius 2 is 1.63 bits per heavy atom. The van der Waals surface area contributed by atoms with Gasteiger partial charge in [-0.05, 0) is 37.1 Å². The van der Waals surface area contributed by atoms with Gasteiger partial charge in [0.15, 0.2) is 0 Å². The number of nitrogens with two attached hydrogens (primary N) is 4. The fourth-order valence-corrected chi connectivity index (χ4v) is 4.08. The lowest BCUT2D eigenvalue weighted by Gasteiger charge is -2.35. The summed E-state index contributed by atoms with van der Waals surface area (Å²) in [6.07, 6.45) is 0.875. The van der Waals surface area contributed by atoms with Gasteiger partial charge in [0.1, 0.15) is 0 Å². The van der Waals surface area contributed by atoms with Crippen molar-refractivity contribution in [3.63, 3.8) is 0 Å². The fraction of sp³-hybridized carbons (Fsp3) is 0.526. The minimum atomic E-state index is -0.468. The predicted octanol–water partition coefficient (Wildman–Crippen LogP) is -1.04. The van der Waals surface area contributed by atoms with Crippen molar-refractivity contribution in [2.75, 3.05) is 47.0 Å². The number of hydrogen-bond acceptors (Lipinski definition) is 11. The lowest BCUT2D eigenvalue weighted by molar-refractivity contribution is 0.194. The van der Waals surface area contributed by atoms with E-state index in [2.05, 4.69) is 20.3 Å². The Kier molecular flexibility index (Phi) is 5.86. The number of nitrogens with zero attached hydrogens (tertiary/aromatic N) is 5. The summed E-state index contributed by atoms with van der Waals surface area (Å²) in [5.74, 6) is 1.36. The number of rotatable bonds is 5. The largest absolute Gasteiger partial charge is 0.399 e. The smallest absolute Gasteiger partial charge is 0.233 e. The van der Waals surface area contributed by atoms with E-state index in [-0.39, 0.29) is 18.1 Å². The highest BCUT2D eigenvalue weighted by Crippen LogP contribution is 2.27. The highest BCUT2D eigenvalue weighted by molar-refractivity contribution is 5.59. The molecule has 3 heterocycles. The van der Waals surface area contributed by atoms with Crippen LogP contribution < -0.4 is 38.1 Å². The summed E-state index contributed by atoms with van der Waals surface area (Å²) >= 11 is 0. The Hall–Kier alpha value is -2.73. The quantitative estimate of drug-likeness (QED) is 0.329. The molecule has 4 rings (SSSR count). The van der Waals surface area contributed by atoms with Crippen LogP contribution >= 0.6 is 0 Å². The van der Waals surface area contributed by atoms with Gasteiger partial charge >= 0.3 is 0 Å². The minimum Gasteiger partial charge on any atom is -0.399 e. The molecule has 0 amide bonds. The molecule has 162 valence electrons. The van der Waals surface area contributed by atoms with Crippen LogP contribution in [-0.4, -0.2) is 70.5 Å². The van der Waals surface area contributed by atoms with Gasteiger partial charge in [-0.3, -0.25) is 0 Å². The Labute approximate surface area is 175 Å². The Morgan fingerprint density at radius 3 is 2.30 bits per heavy atom. The van der Waals surface area contributed by atoms with Crippen molar-refractivity contribution in [3.05, 3.63) is 24.3 Å². The van der Waals surface area contributed by atoms with E-state index in [0.29, 0.717) is 56.1 Å². The van der Waals surface area contributed by atoms with Gasteiger partial charge < -0.3 is 43.2 Å². The summed E-state index contributed by atoms with van der Waals surface area (Å²) in [5, 5.41) is 13.4. The van der Waals surface area contributed by atoms with Crippen molar-refractivity contribution in [2.45, 2.75) is 37.1 Å². The van der Waals surface area contributed by atoms with E-state index in [9.17, 15) is 5.11 Å². The molecule has 0 aliphatic carbocycles. The second kappa shape index (κ2) is 8.56. The molecule has 2 aromatic rings. The van der Waals surface area contributed by atoms with E-state index in [1.807, 2.05) is 21.9 Å². The first kappa shape index (κ1) is 20.5. The molecule has 2 saturated heterocycles. The summed E-state index contributed by atoms with van der Waals surface area (Å²) in [4.78, 5) is 17.8. The zero-order chi connectivity index (χ0) is 21.3. The number of hydrogen-bond donors (Lipinski definition) is 6. The summed E-state index contributed by atoms with van der Waals surface area (Å²) in [6.45, 7) is 2.05. The highest BCUT2D eigenvalue weighted by atomic mass is 16.3. The molecular weight excluding hydrogens is 384 g/mol. The monoisotopic (exact) mass is 414 g/mol. The van der Waals surface area contributed by atoms with E-state index in [0.717, 1.165) is 12.1 Å². The number of benzene rings is 1. The van der Waals surface area contributed by atoms with Crippen LogP contribution in [0.1, 0.15) is 12.8 Å². The summed E-state index contributed by atoms with van der Waals surface area (Å²) < 4.78 is 0. The van der Waals surface area contributed by atoms with Crippen LogP contribution in [0.2, 0.25) is 0 Å². The van der Waals surface area contributed by atoms with Crippen molar-refractivity contribution in [1.82, 2.24) is 15.0 Å². The van der Waals surface area contributed by atoms with Gasteiger partial charge in [0.25, 0.3) is 0 Å². The normalized spacial score (nSPS) is 26.8. The maximum Gasteiger partial charge on any atom is 0.233 e. The van der Waals surface area contributed by atoms with Crippen LogP contribution in [0.15, 0.2) is 24.3 Å². The van der Waals surface area contributed by atoms with Crippen molar-refractivity contribution in [2.24, 2.45) is 17.2 Å². The fourth-order valence-electron chi connectivity index (χ4n) is 4.08. The number of aromatic nitrogens is 3. The summed E-state index contributed by atoms with van der Waals surface area (Å²) in [7, 11) is 0. The van der Waals surface area contributed by atoms with Crippen LogP contribution in [0.25, 0.3) is 0 Å². The van der Waals surface area contributed by atoms with Gasteiger partial charge in [0.05, 0.1) is 6.10 Å². The van der Waals surface area contributed by atoms with Crippen LogP contribution in [0.3, 0.4) is 0 Å². The number of piperidine rings is 1. The first-order chi connectivity index (χ1) is 14.4. The molecule has 2 aliphatic heterocycles. The van der Waals surface area contributed by atoms with Crippen LogP contribution in [0.5, 0.6) is 0 Å². The predicted molar refractivity (Wildman–Crippen MR) is 118 cm³/mol. The standard InChI is InChI=1S/C19H30N10O/c20-7-15-6-16(30)10-29(15)19-26-17(24-14-3-1-11(21)2-4-14)25-18(27-19)28-8-12(22)5-13(23)9-28/h1-4,12-13,15-16,30H,5-10,20-23H2,(H,24,25,26,27)/t12-,13+,15-,16+/m0/s1. The average molecular weight is 415 g/mol. The molecule has 2 aliphatic rings. The summed E-state index contributed by atoms with van der Waals surface area (Å²) in [5.41, 5.74) is 25.5. The number of aliphatic hydroxyl groups excluding tert-OH is 1. The molecule has 11 heteroatoms. The van der Waals surface area contributed by atoms with Crippen LogP contribution in [0.4, 0.5) is 29.2 Å². The number of β-amino-alcohol motifs (C(OH)–C–C–N with tert-alkyl or cyclic N) is 1. The third kappa shape index (κ3) is 4.54. The number of nitrogens with one attached hydrogen (secondary N) is 1. The van der Waals surface area contributed by atoms with E-state index >= 15 is 0 Å². The molecule has 11 nitrogen and oxygen atoms in total. The molecule has 0 spiro atoms. The number of anilines is 5. The molecule has 0 radical (unpaired) electrons. The molecule has 2 fully saturated rings. The van der Waals surface area contributed by atoms with Gasteiger partial charge in [-0.1, -0.05) is 0 Å². The van der Waals surface area contributed by atoms with E-state index in [4.69, 9.17) is 22.9 Å². The molecule has 10 N–H and O–H groups in total. The van der Waals surface area contributed by atoms with Crippen molar-refractivity contribution in [3.8, 4) is 0 Å². The van der Waals surface area contributed by atoms with Crippen LogP contribution in [0, 0.1) is 0 Å². The molecule has 0 bridgehead atoms. The van der Waals surface area contributed by atoms with E-state index in [1.54, 1.807) is 12.1 Å². The first-order valence-electron chi connectivity index (χ1n) is 10.2. The van der Waals surface area contributed by atoms with Crippen molar-refractivity contribution >= 4 is 29.2 Å². The maximum absolute atomic E-state index is 10.1. The molecule has 0 saturated carbocycles. The SMILES string of the molecule is NC[C@@H]1C[C@@H](O)CN1c1nc(Nc2ccc(N)cc2)nc(N2C[C@H](N)C[C@H](N)C2)n1. The second-order valence-electron chi connectivity index (χ2n) is 8.10. The van der Waals surface area contributed by atoms with Gasteiger partial charge in [0.2, 0.25) is 17.8 Å². The molecular formula is C19H30N10O. The Bertz CT molecular complexity index is 853. The van der Waals surface area contributed by atoms with Gasteiger partial charge in [0, 0.05) is 55.7 Å². The third-order valence-electron chi connectivity index (χ3n) is 5.50. The van der Waals surface area contributed by atoms with E-state index < -0.39 is 6.10 Å². The molecule has 0 unspecified atom stereocenters. The lowest BCUT2D eigenvalue weighted by atomic mass is 10.0. The maximum atomic E-state index is 10.1. The number of aliphatic hydroxyl groups is 1. The summed E-state index contributed by atoms with van der Waals surface area (Å²) in [6, 6.07) is 7.18. The zero-order valence-corrected chi connectivity index (χ0v) is 16.9. The van der Waals surface area contributed by atoms with Crippen LogP contribution in [-0.2, 0) is 0 Å². The minimum absolute atomic E-state index is 0.0366. The second-order valence-corrected chi connectivity index (χ2v) is 8.10. The third-order valence-corrected chi connectivity index (χ3v) is 5.50. The molecule has 4 atom stereocenters. The van der Waals surface area contributed by atoms with Crippen molar-refractivity contribution in [1.29, 1.82) is 0 Å². The highest BCUT2D eigenvalue weighted by Gasteiger charge is 2.33. The Morgan fingerprint density at radius 1 is 0.967 bits per heavy atom. The number of nitrogen functional groups attached to an aromatic ring is 1. The van der Waals surface area contributed by atoms with Crippen molar-refractivity contribution < 1.29 is 5.11 Å². The molecule has 1 aromatic heterocycles.